The molecule has 15 heavy (non-hydrogen) atoms. The zero-order valence-electron chi connectivity index (χ0n) is 9.57. The molecule has 1 aliphatic rings. The van der Waals surface area contributed by atoms with Crippen molar-refractivity contribution in [3.63, 3.8) is 0 Å². The summed E-state index contributed by atoms with van der Waals surface area (Å²) >= 11 is 0. The number of rotatable bonds is 5. The number of sulfonamides is 1. The first-order valence-corrected chi connectivity index (χ1v) is 7.29. The van der Waals surface area contributed by atoms with Crippen molar-refractivity contribution in [1.82, 2.24) is 4.72 Å². The standard InChI is InChI=1S/C10H22N2O2S/c1-8(2)7-15(13,14)12-6-9-4-3-5-10(9)11/h8-10,12H,3-7,11H2,1-2H3. The molecular formula is C10H22N2O2S. The molecule has 1 rings (SSSR count). The van der Waals surface area contributed by atoms with E-state index in [1.54, 1.807) is 0 Å². The maximum Gasteiger partial charge on any atom is 0.211 e. The first-order chi connectivity index (χ1) is 6.91. The highest BCUT2D eigenvalue weighted by Crippen LogP contribution is 2.23. The van der Waals surface area contributed by atoms with Gasteiger partial charge in [-0.05, 0) is 24.7 Å². The van der Waals surface area contributed by atoms with Crippen molar-refractivity contribution in [1.29, 1.82) is 0 Å². The number of hydrogen-bond acceptors (Lipinski definition) is 3. The van der Waals surface area contributed by atoms with Gasteiger partial charge < -0.3 is 5.73 Å². The van der Waals surface area contributed by atoms with Crippen LogP contribution in [0.1, 0.15) is 33.1 Å². The van der Waals surface area contributed by atoms with Gasteiger partial charge in [0.2, 0.25) is 10.0 Å². The van der Waals surface area contributed by atoms with Crippen LogP contribution < -0.4 is 10.5 Å². The van der Waals surface area contributed by atoms with E-state index in [2.05, 4.69) is 4.72 Å². The van der Waals surface area contributed by atoms with Gasteiger partial charge in [-0.2, -0.15) is 0 Å². The molecule has 0 spiro atoms. The smallest absolute Gasteiger partial charge is 0.211 e. The van der Waals surface area contributed by atoms with Gasteiger partial charge in [-0.3, -0.25) is 0 Å². The van der Waals surface area contributed by atoms with E-state index in [0.29, 0.717) is 12.5 Å². The Morgan fingerprint density at radius 2 is 2.07 bits per heavy atom. The maximum atomic E-state index is 11.6. The third kappa shape index (κ3) is 4.49. The summed E-state index contributed by atoms with van der Waals surface area (Å²) in [5, 5.41) is 0. The molecule has 0 bridgehead atoms. The van der Waals surface area contributed by atoms with Gasteiger partial charge in [0, 0.05) is 12.6 Å². The summed E-state index contributed by atoms with van der Waals surface area (Å²) in [7, 11) is -3.10. The molecule has 0 heterocycles. The Hall–Kier alpha value is -0.130. The number of nitrogens with one attached hydrogen (secondary N) is 1. The van der Waals surface area contributed by atoms with E-state index in [1.165, 1.54) is 0 Å². The van der Waals surface area contributed by atoms with E-state index in [0.717, 1.165) is 19.3 Å². The van der Waals surface area contributed by atoms with E-state index in [-0.39, 0.29) is 17.7 Å². The number of hydrogen-bond donors (Lipinski definition) is 2. The molecule has 0 aromatic carbocycles. The molecule has 2 unspecified atom stereocenters. The van der Waals surface area contributed by atoms with Gasteiger partial charge in [0.15, 0.2) is 0 Å². The Morgan fingerprint density at radius 1 is 1.40 bits per heavy atom. The Labute approximate surface area is 92.7 Å². The van der Waals surface area contributed by atoms with E-state index < -0.39 is 10.0 Å². The zero-order chi connectivity index (χ0) is 11.5. The van der Waals surface area contributed by atoms with Crippen LogP contribution in [0, 0.1) is 11.8 Å². The maximum absolute atomic E-state index is 11.6. The molecule has 1 fully saturated rings. The fraction of sp³-hybridized carbons (Fsp3) is 1.00. The van der Waals surface area contributed by atoms with Gasteiger partial charge in [0.1, 0.15) is 0 Å². The quantitative estimate of drug-likeness (QED) is 0.735. The second kappa shape index (κ2) is 5.27. The van der Waals surface area contributed by atoms with Crippen LogP contribution in [0.2, 0.25) is 0 Å². The SMILES string of the molecule is CC(C)CS(=O)(=O)NCC1CCCC1N. The molecule has 0 saturated heterocycles. The van der Waals surface area contributed by atoms with Crippen molar-refractivity contribution in [2.45, 2.75) is 39.2 Å². The lowest BCUT2D eigenvalue weighted by Crippen LogP contribution is -2.37. The molecule has 0 aromatic heterocycles. The third-order valence-electron chi connectivity index (χ3n) is 2.84. The summed E-state index contributed by atoms with van der Waals surface area (Å²) in [6.45, 7) is 4.32. The molecule has 1 aliphatic carbocycles. The van der Waals surface area contributed by atoms with Gasteiger partial charge >= 0.3 is 0 Å². The zero-order valence-corrected chi connectivity index (χ0v) is 10.4. The third-order valence-corrected chi connectivity index (χ3v) is 4.55. The molecule has 5 heteroatoms. The van der Waals surface area contributed by atoms with Crippen molar-refractivity contribution in [3.05, 3.63) is 0 Å². The summed E-state index contributed by atoms with van der Waals surface area (Å²) in [4.78, 5) is 0. The van der Waals surface area contributed by atoms with Crippen molar-refractivity contribution in [2.75, 3.05) is 12.3 Å². The van der Waals surface area contributed by atoms with E-state index >= 15 is 0 Å². The molecule has 1 saturated carbocycles. The minimum Gasteiger partial charge on any atom is -0.327 e. The fourth-order valence-corrected chi connectivity index (χ4v) is 3.51. The Kier molecular flexibility index (Phi) is 4.55. The van der Waals surface area contributed by atoms with Crippen LogP contribution in [0.25, 0.3) is 0 Å². The second-order valence-electron chi connectivity index (χ2n) is 4.88. The summed E-state index contributed by atoms with van der Waals surface area (Å²) in [6, 6.07) is 0.173. The van der Waals surface area contributed by atoms with Crippen LogP contribution in [0.5, 0.6) is 0 Å². The lowest BCUT2D eigenvalue weighted by atomic mass is 10.1. The predicted molar refractivity (Wildman–Crippen MR) is 61.9 cm³/mol. The minimum absolute atomic E-state index is 0.166. The van der Waals surface area contributed by atoms with Crippen LogP contribution >= 0.6 is 0 Å². The van der Waals surface area contributed by atoms with E-state index in [4.69, 9.17) is 5.73 Å². The molecule has 2 atom stereocenters. The van der Waals surface area contributed by atoms with Crippen molar-refractivity contribution < 1.29 is 8.42 Å². The van der Waals surface area contributed by atoms with Gasteiger partial charge in [0.05, 0.1) is 5.75 Å². The minimum atomic E-state index is -3.10. The molecule has 4 nitrogen and oxygen atoms in total. The summed E-state index contributed by atoms with van der Waals surface area (Å²) in [5.74, 6) is 0.696. The summed E-state index contributed by atoms with van der Waals surface area (Å²) in [6.07, 6.45) is 3.19. The van der Waals surface area contributed by atoms with Crippen LogP contribution in [0.4, 0.5) is 0 Å². The summed E-state index contributed by atoms with van der Waals surface area (Å²) in [5.41, 5.74) is 5.87. The largest absolute Gasteiger partial charge is 0.327 e. The molecule has 90 valence electrons. The van der Waals surface area contributed by atoms with Crippen molar-refractivity contribution in [2.24, 2.45) is 17.6 Å². The van der Waals surface area contributed by atoms with Gasteiger partial charge in [-0.15, -0.1) is 0 Å². The van der Waals surface area contributed by atoms with Crippen molar-refractivity contribution in [3.8, 4) is 0 Å². The lowest BCUT2D eigenvalue weighted by molar-refractivity contribution is 0.468. The lowest BCUT2D eigenvalue weighted by Gasteiger charge is -2.16. The van der Waals surface area contributed by atoms with Gasteiger partial charge in [-0.25, -0.2) is 13.1 Å². The highest BCUT2D eigenvalue weighted by Gasteiger charge is 2.25. The Bertz CT molecular complexity index is 288. The molecule has 0 aromatic rings. The highest BCUT2D eigenvalue weighted by atomic mass is 32.2. The molecule has 0 radical (unpaired) electrons. The molecule has 0 amide bonds. The topological polar surface area (TPSA) is 72.2 Å². The average molecular weight is 234 g/mol. The first-order valence-electron chi connectivity index (χ1n) is 5.63. The normalized spacial score (nSPS) is 27.5. The van der Waals surface area contributed by atoms with Crippen molar-refractivity contribution >= 4 is 10.0 Å². The first kappa shape index (κ1) is 12.9. The van der Waals surface area contributed by atoms with Gasteiger partial charge in [-0.1, -0.05) is 20.3 Å². The Balaban J connectivity index is 2.35. The fourth-order valence-electron chi connectivity index (χ4n) is 2.05. The van der Waals surface area contributed by atoms with E-state index in [1.807, 2.05) is 13.8 Å². The highest BCUT2D eigenvalue weighted by molar-refractivity contribution is 7.89. The van der Waals surface area contributed by atoms with Crippen LogP contribution in [0.15, 0.2) is 0 Å². The van der Waals surface area contributed by atoms with Crippen LogP contribution in [0.3, 0.4) is 0 Å². The van der Waals surface area contributed by atoms with Crippen LogP contribution in [-0.2, 0) is 10.0 Å². The van der Waals surface area contributed by atoms with E-state index in [9.17, 15) is 8.42 Å². The second-order valence-corrected chi connectivity index (χ2v) is 6.73. The molecule has 3 N–H and O–H groups in total. The predicted octanol–water partition coefficient (Wildman–Crippen LogP) is 0.689. The number of nitrogens with two attached hydrogens (primary N) is 1. The molecule has 0 aliphatic heterocycles. The monoisotopic (exact) mass is 234 g/mol. The average Bonchev–Trinajstić information content (AvgIpc) is 2.45. The summed E-state index contributed by atoms with van der Waals surface area (Å²) < 4.78 is 25.8. The van der Waals surface area contributed by atoms with Gasteiger partial charge in [0.25, 0.3) is 0 Å². The molecular weight excluding hydrogens is 212 g/mol. The van der Waals surface area contributed by atoms with Crippen LogP contribution in [-0.4, -0.2) is 26.8 Å². The Morgan fingerprint density at radius 3 is 2.53 bits per heavy atom.